The summed E-state index contributed by atoms with van der Waals surface area (Å²) in [6.07, 6.45) is 2.57. The van der Waals surface area contributed by atoms with E-state index in [2.05, 4.69) is 71.4 Å². The highest BCUT2D eigenvalue weighted by Crippen LogP contribution is 2.24. The predicted molar refractivity (Wildman–Crippen MR) is 121 cm³/mol. The van der Waals surface area contributed by atoms with E-state index in [1.165, 1.54) is 35.3 Å². The van der Waals surface area contributed by atoms with Crippen molar-refractivity contribution in [2.45, 2.75) is 26.7 Å². The predicted octanol–water partition coefficient (Wildman–Crippen LogP) is 3.66. The van der Waals surface area contributed by atoms with Crippen LogP contribution in [0.4, 0.5) is 17.1 Å². The summed E-state index contributed by atoms with van der Waals surface area (Å²) in [6.45, 7) is 10.3. The van der Waals surface area contributed by atoms with Crippen molar-refractivity contribution >= 4 is 23.0 Å². The van der Waals surface area contributed by atoms with Crippen LogP contribution >= 0.6 is 0 Å². The lowest BCUT2D eigenvalue weighted by molar-refractivity contribution is -0.129. The molecule has 154 valence electrons. The fourth-order valence-electron chi connectivity index (χ4n) is 4.33. The molecule has 1 amide bonds. The Hall–Kier alpha value is -2.69. The van der Waals surface area contributed by atoms with Crippen molar-refractivity contribution in [3.05, 3.63) is 53.6 Å². The number of nitrogens with one attached hydrogen (secondary N) is 1. The van der Waals surface area contributed by atoms with E-state index >= 15 is 0 Å². The Bertz CT molecular complexity index is 834. The van der Waals surface area contributed by atoms with Gasteiger partial charge in [0.25, 0.3) is 0 Å². The molecule has 0 saturated carbocycles. The number of rotatable bonds is 5. The molecule has 0 unspecified atom stereocenters. The van der Waals surface area contributed by atoms with Crippen molar-refractivity contribution in [3.8, 4) is 0 Å². The lowest BCUT2D eigenvalue weighted by atomic mass is 10.1. The van der Waals surface area contributed by atoms with Gasteiger partial charge in [-0.05, 0) is 68.1 Å². The van der Waals surface area contributed by atoms with Crippen LogP contribution in [-0.2, 0) is 4.79 Å². The second-order valence-electron chi connectivity index (χ2n) is 8.18. The molecule has 0 aliphatic carbocycles. The molecule has 2 aromatic carbocycles. The molecule has 2 aliphatic heterocycles. The zero-order valence-electron chi connectivity index (χ0n) is 17.7. The third-order valence-electron chi connectivity index (χ3n) is 6.33. The van der Waals surface area contributed by atoms with Gasteiger partial charge in [-0.3, -0.25) is 4.79 Å². The summed E-state index contributed by atoms with van der Waals surface area (Å²) in [5.41, 5.74) is 6.25. The fraction of sp³-hybridized carbons (Fsp3) is 0.458. The summed E-state index contributed by atoms with van der Waals surface area (Å²) in [6, 6.07) is 14.9. The molecule has 29 heavy (non-hydrogen) atoms. The fourth-order valence-corrected chi connectivity index (χ4v) is 4.33. The van der Waals surface area contributed by atoms with Crippen molar-refractivity contribution in [2.75, 3.05) is 60.9 Å². The zero-order chi connectivity index (χ0) is 20.2. The number of hydrogen-bond acceptors (Lipinski definition) is 4. The monoisotopic (exact) mass is 392 g/mol. The van der Waals surface area contributed by atoms with Gasteiger partial charge in [0, 0.05) is 56.3 Å². The summed E-state index contributed by atoms with van der Waals surface area (Å²) in [5, 5.41) is 3.30. The summed E-state index contributed by atoms with van der Waals surface area (Å²) in [7, 11) is 0. The quantitative estimate of drug-likeness (QED) is 0.843. The molecule has 5 heteroatoms. The van der Waals surface area contributed by atoms with Crippen LogP contribution < -0.4 is 15.1 Å². The summed E-state index contributed by atoms with van der Waals surface area (Å²) >= 11 is 0. The number of aryl methyl sites for hydroxylation is 1. The first kappa shape index (κ1) is 19.6. The van der Waals surface area contributed by atoms with Gasteiger partial charge in [0.15, 0.2) is 0 Å². The number of anilines is 3. The number of carbonyl (C=O) groups is 1. The normalized spacial score (nSPS) is 17.0. The highest BCUT2D eigenvalue weighted by molar-refractivity contribution is 5.81. The van der Waals surface area contributed by atoms with Gasteiger partial charge in [-0.1, -0.05) is 12.1 Å². The Morgan fingerprint density at radius 1 is 0.862 bits per heavy atom. The van der Waals surface area contributed by atoms with Gasteiger partial charge in [-0.25, -0.2) is 0 Å². The minimum absolute atomic E-state index is 0.175. The smallest absolute Gasteiger partial charge is 0.241 e. The molecule has 0 aromatic heterocycles. The first-order chi connectivity index (χ1) is 14.1. The van der Waals surface area contributed by atoms with Gasteiger partial charge >= 0.3 is 0 Å². The minimum atomic E-state index is 0.175. The second kappa shape index (κ2) is 8.76. The average molecular weight is 393 g/mol. The van der Waals surface area contributed by atoms with Crippen LogP contribution in [0.1, 0.15) is 24.0 Å². The number of benzene rings is 2. The van der Waals surface area contributed by atoms with E-state index in [1.54, 1.807) is 0 Å². The van der Waals surface area contributed by atoms with E-state index in [0.29, 0.717) is 6.54 Å². The highest BCUT2D eigenvalue weighted by atomic mass is 16.2. The Kier molecular flexibility index (Phi) is 5.93. The Labute approximate surface area is 174 Å². The molecule has 0 spiro atoms. The van der Waals surface area contributed by atoms with E-state index < -0.39 is 0 Å². The molecule has 2 fully saturated rings. The number of hydrogen-bond donors (Lipinski definition) is 1. The van der Waals surface area contributed by atoms with Gasteiger partial charge < -0.3 is 20.0 Å². The van der Waals surface area contributed by atoms with E-state index in [0.717, 1.165) is 45.0 Å². The summed E-state index contributed by atoms with van der Waals surface area (Å²) < 4.78 is 0. The second-order valence-corrected chi connectivity index (χ2v) is 8.18. The van der Waals surface area contributed by atoms with Crippen molar-refractivity contribution in [1.82, 2.24) is 4.90 Å². The molecule has 0 bridgehead atoms. The molecule has 0 atom stereocenters. The van der Waals surface area contributed by atoms with Crippen molar-refractivity contribution in [3.63, 3.8) is 0 Å². The highest BCUT2D eigenvalue weighted by Gasteiger charge is 2.22. The van der Waals surface area contributed by atoms with Gasteiger partial charge in [-0.15, -0.1) is 0 Å². The van der Waals surface area contributed by atoms with Crippen LogP contribution in [0.25, 0.3) is 0 Å². The van der Waals surface area contributed by atoms with Crippen LogP contribution in [-0.4, -0.2) is 56.6 Å². The molecular formula is C24H32N4O. The maximum atomic E-state index is 12.6. The van der Waals surface area contributed by atoms with Crippen LogP contribution in [0.15, 0.2) is 42.5 Å². The first-order valence-corrected chi connectivity index (χ1v) is 10.8. The lowest BCUT2D eigenvalue weighted by Crippen LogP contribution is -2.50. The number of amides is 1. The van der Waals surface area contributed by atoms with Crippen LogP contribution in [0.5, 0.6) is 0 Å². The Morgan fingerprint density at radius 3 is 2.24 bits per heavy atom. The zero-order valence-corrected chi connectivity index (χ0v) is 17.7. The maximum absolute atomic E-state index is 12.6. The third-order valence-corrected chi connectivity index (χ3v) is 6.33. The van der Waals surface area contributed by atoms with Crippen molar-refractivity contribution in [1.29, 1.82) is 0 Å². The largest absolute Gasteiger partial charge is 0.376 e. The topological polar surface area (TPSA) is 38.8 Å². The molecule has 2 aliphatic rings. The van der Waals surface area contributed by atoms with Crippen molar-refractivity contribution in [2.24, 2.45) is 0 Å². The molecule has 2 saturated heterocycles. The van der Waals surface area contributed by atoms with Crippen LogP contribution in [0.3, 0.4) is 0 Å². The SMILES string of the molecule is Cc1cccc(N2CCN(C(=O)CNc3ccc(N4CCCC4)cc3)CC2)c1C. The standard InChI is InChI=1S/C24H32N4O/c1-19-6-5-7-23(20(19)2)27-14-16-28(17-15-27)24(29)18-25-21-8-10-22(11-9-21)26-12-3-4-13-26/h5-11,25H,3-4,12-18H2,1-2H3. The molecule has 2 aromatic rings. The molecule has 5 nitrogen and oxygen atoms in total. The maximum Gasteiger partial charge on any atom is 0.241 e. The van der Waals surface area contributed by atoms with E-state index in [-0.39, 0.29) is 5.91 Å². The van der Waals surface area contributed by atoms with E-state index in [9.17, 15) is 4.79 Å². The van der Waals surface area contributed by atoms with Crippen molar-refractivity contribution < 1.29 is 4.79 Å². The van der Waals surface area contributed by atoms with E-state index in [4.69, 9.17) is 0 Å². The Balaban J connectivity index is 1.26. The average Bonchev–Trinajstić information content (AvgIpc) is 3.29. The molecule has 1 N–H and O–H groups in total. The van der Waals surface area contributed by atoms with Gasteiger partial charge in [0.05, 0.1) is 6.54 Å². The molecular weight excluding hydrogens is 360 g/mol. The summed E-state index contributed by atoms with van der Waals surface area (Å²) in [5.74, 6) is 0.175. The number of nitrogens with zero attached hydrogens (tertiary/aromatic N) is 3. The Morgan fingerprint density at radius 2 is 1.55 bits per heavy atom. The number of carbonyl (C=O) groups excluding carboxylic acids is 1. The number of piperazine rings is 1. The molecule has 2 heterocycles. The van der Waals surface area contributed by atoms with Crippen LogP contribution in [0.2, 0.25) is 0 Å². The van der Waals surface area contributed by atoms with Gasteiger partial charge in [-0.2, -0.15) is 0 Å². The lowest BCUT2D eigenvalue weighted by Gasteiger charge is -2.37. The first-order valence-electron chi connectivity index (χ1n) is 10.8. The van der Waals surface area contributed by atoms with Crippen LogP contribution in [0, 0.1) is 13.8 Å². The van der Waals surface area contributed by atoms with E-state index in [1.807, 2.05) is 4.90 Å². The molecule has 0 radical (unpaired) electrons. The van der Waals surface area contributed by atoms with Gasteiger partial charge in [0.2, 0.25) is 5.91 Å². The summed E-state index contributed by atoms with van der Waals surface area (Å²) in [4.78, 5) is 19.4. The molecule has 4 rings (SSSR count). The third kappa shape index (κ3) is 4.50. The van der Waals surface area contributed by atoms with Gasteiger partial charge in [0.1, 0.15) is 0 Å². The minimum Gasteiger partial charge on any atom is -0.376 e.